The van der Waals surface area contributed by atoms with E-state index in [2.05, 4.69) is 10.4 Å². The van der Waals surface area contributed by atoms with Crippen LogP contribution in [0.4, 0.5) is 4.39 Å². The summed E-state index contributed by atoms with van der Waals surface area (Å²) in [5.74, 6) is -0.420. The number of aromatic nitrogens is 2. The van der Waals surface area contributed by atoms with E-state index in [1.807, 2.05) is 31.2 Å². The number of halogens is 1. The van der Waals surface area contributed by atoms with E-state index in [1.165, 1.54) is 16.8 Å². The number of carbonyl (C=O) groups excluding carboxylic acids is 1. The quantitative estimate of drug-likeness (QED) is 0.673. The summed E-state index contributed by atoms with van der Waals surface area (Å²) in [6, 6.07) is 13.5. The summed E-state index contributed by atoms with van der Waals surface area (Å²) in [6.45, 7) is 2.27. The van der Waals surface area contributed by atoms with Gasteiger partial charge in [0.05, 0.1) is 23.5 Å². The van der Waals surface area contributed by atoms with Crippen LogP contribution in [0.5, 0.6) is 0 Å². The van der Waals surface area contributed by atoms with Gasteiger partial charge in [0, 0.05) is 11.4 Å². The average Bonchev–Trinajstić information content (AvgIpc) is 3.26. The molecule has 1 aliphatic carbocycles. The molecule has 0 bridgehead atoms. The Labute approximate surface area is 174 Å². The molecule has 0 radical (unpaired) electrons. The van der Waals surface area contributed by atoms with E-state index in [0.717, 1.165) is 23.8 Å². The van der Waals surface area contributed by atoms with E-state index in [-0.39, 0.29) is 23.3 Å². The lowest BCUT2D eigenvalue weighted by atomic mass is 9.77. The molecule has 6 heteroatoms. The molecule has 156 valence electrons. The number of hydrogen-bond acceptors (Lipinski definition) is 3. The number of rotatable bonds is 6. The maximum absolute atomic E-state index is 13.9. The van der Waals surface area contributed by atoms with Gasteiger partial charge in [0.1, 0.15) is 5.82 Å². The minimum absolute atomic E-state index is 0.0914. The summed E-state index contributed by atoms with van der Waals surface area (Å²) in [4.78, 5) is 26.2. The first-order valence-corrected chi connectivity index (χ1v) is 10.6. The standard InChI is InChI=1S/C24H26FN3O2/c1-2-20(16-28-22(29)21-11-4-3-8-17(21)15-26-28)27-23(30)24(12-5-6-13-24)18-9-7-10-19(25)14-18/h3-4,7-11,14-15,20H,2,5-6,12-13,16H2,1H3,(H,27,30)/t20-/m0/s1. The fourth-order valence-corrected chi connectivity index (χ4v) is 4.48. The third kappa shape index (κ3) is 3.74. The van der Waals surface area contributed by atoms with Crippen molar-refractivity contribution in [3.8, 4) is 0 Å². The van der Waals surface area contributed by atoms with Crippen LogP contribution in [0.2, 0.25) is 0 Å². The number of hydrogen-bond donors (Lipinski definition) is 1. The van der Waals surface area contributed by atoms with Crippen LogP contribution in [0.1, 0.15) is 44.6 Å². The van der Waals surface area contributed by atoms with Gasteiger partial charge < -0.3 is 5.32 Å². The van der Waals surface area contributed by atoms with Gasteiger partial charge in [0.15, 0.2) is 0 Å². The van der Waals surface area contributed by atoms with Crippen molar-refractivity contribution in [2.24, 2.45) is 0 Å². The molecule has 1 aliphatic rings. The van der Waals surface area contributed by atoms with Gasteiger partial charge in [-0.25, -0.2) is 9.07 Å². The summed E-state index contributed by atoms with van der Waals surface area (Å²) in [5, 5.41) is 8.83. The van der Waals surface area contributed by atoms with Gasteiger partial charge >= 0.3 is 0 Å². The molecule has 4 rings (SSSR count). The van der Waals surface area contributed by atoms with Gasteiger partial charge in [-0.1, -0.05) is 50.1 Å². The number of amides is 1. The number of nitrogens with zero attached hydrogens (tertiary/aromatic N) is 2. The van der Waals surface area contributed by atoms with E-state index in [4.69, 9.17) is 0 Å². The number of nitrogens with one attached hydrogen (secondary N) is 1. The van der Waals surface area contributed by atoms with Gasteiger partial charge in [0.25, 0.3) is 5.56 Å². The van der Waals surface area contributed by atoms with Crippen molar-refractivity contribution in [1.29, 1.82) is 0 Å². The van der Waals surface area contributed by atoms with Crippen LogP contribution < -0.4 is 10.9 Å². The average molecular weight is 407 g/mol. The summed E-state index contributed by atoms with van der Waals surface area (Å²) in [6.07, 6.45) is 5.61. The Hall–Kier alpha value is -3.02. The molecule has 1 saturated carbocycles. The highest BCUT2D eigenvalue weighted by atomic mass is 19.1. The second kappa shape index (κ2) is 8.38. The van der Waals surface area contributed by atoms with Gasteiger partial charge in [-0.3, -0.25) is 9.59 Å². The molecule has 1 atom stereocenters. The highest BCUT2D eigenvalue weighted by Crippen LogP contribution is 2.41. The molecule has 0 unspecified atom stereocenters. The van der Waals surface area contributed by atoms with Crippen LogP contribution in [0.15, 0.2) is 59.5 Å². The Morgan fingerprint density at radius 1 is 1.20 bits per heavy atom. The first-order chi connectivity index (χ1) is 14.5. The fourth-order valence-electron chi connectivity index (χ4n) is 4.48. The van der Waals surface area contributed by atoms with Crippen molar-refractivity contribution in [2.45, 2.75) is 57.0 Å². The van der Waals surface area contributed by atoms with Crippen molar-refractivity contribution in [3.05, 3.63) is 76.5 Å². The van der Waals surface area contributed by atoms with Crippen molar-refractivity contribution in [3.63, 3.8) is 0 Å². The lowest BCUT2D eigenvalue weighted by Crippen LogP contribution is -2.49. The predicted octanol–water partition coefficient (Wildman–Crippen LogP) is 3.94. The first-order valence-electron chi connectivity index (χ1n) is 10.6. The zero-order chi connectivity index (χ0) is 21.1. The molecule has 0 spiro atoms. The SMILES string of the molecule is CC[C@@H](Cn1ncc2ccccc2c1=O)NC(=O)C1(c2cccc(F)c2)CCCC1. The van der Waals surface area contributed by atoms with Crippen molar-refractivity contribution < 1.29 is 9.18 Å². The van der Waals surface area contributed by atoms with E-state index in [1.54, 1.807) is 18.3 Å². The van der Waals surface area contributed by atoms with Crippen LogP contribution in [0, 0.1) is 5.82 Å². The Morgan fingerprint density at radius 2 is 1.97 bits per heavy atom. The molecule has 0 saturated heterocycles. The van der Waals surface area contributed by atoms with Crippen LogP contribution in [-0.2, 0) is 16.8 Å². The molecule has 5 nitrogen and oxygen atoms in total. The molecule has 3 aromatic rings. The molecule has 1 amide bonds. The molecule has 0 aliphatic heterocycles. The Bertz CT molecular complexity index is 1120. The smallest absolute Gasteiger partial charge is 0.274 e. The lowest BCUT2D eigenvalue weighted by Gasteiger charge is -2.31. The van der Waals surface area contributed by atoms with Crippen molar-refractivity contribution in [2.75, 3.05) is 0 Å². The topological polar surface area (TPSA) is 64.0 Å². The summed E-state index contributed by atoms with van der Waals surface area (Å²) in [5.41, 5.74) is -0.146. The lowest BCUT2D eigenvalue weighted by molar-refractivity contribution is -0.127. The zero-order valence-corrected chi connectivity index (χ0v) is 17.1. The van der Waals surface area contributed by atoms with E-state index >= 15 is 0 Å². The molecular weight excluding hydrogens is 381 g/mol. The zero-order valence-electron chi connectivity index (χ0n) is 17.1. The van der Waals surface area contributed by atoms with Crippen molar-refractivity contribution in [1.82, 2.24) is 15.1 Å². The third-order valence-electron chi connectivity index (χ3n) is 6.25. The van der Waals surface area contributed by atoms with Gasteiger partial charge in [0.2, 0.25) is 5.91 Å². The third-order valence-corrected chi connectivity index (χ3v) is 6.25. The highest BCUT2D eigenvalue weighted by molar-refractivity contribution is 5.88. The minimum atomic E-state index is -0.711. The maximum atomic E-state index is 13.9. The largest absolute Gasteiger partial charge is 0.351 e. The summed E-state index contributed by atoms with van der Waals surface area (Å²) >= 11 is 0. The van der Waals surface area contributed by atoms with E-state index in [0.29, 0.717) is 31.2 Å². The Morgan fingerprint density at radius 3 is 2.70 bits per heavy atom. The second-order valence-corrected chi connectivity index (χ2v) is 8.10. The maximum Gasteiger partial charge on any atom is 0.274 e. The number of benzene rings is 2. The molecule has 1 fully saturated rings. The molecular formula is C24H26FN3O2. The minimum Gasteiger partial charge on any atom is -0.351 e. The summed E-state index contributed by atoms with van der Waals surface area (Å²) < 4.78 is 15.3. The highest BCUT2D eigenvalue weighted by Gasteiger charge is 2.43. The van der Waals surface area contributed by atoms with Crippen LogP contribution in [0.25, 0.3) is 10.8 Å². The van der Waals surface area contributed by atoms with Crippen LogP contribution >= 0.6 is 0 Å². The van der Waals surface area contributed by atoms with Gasteiger partial charge in [-0.15, -0.1) is 0 Å². The second-order valence-electron chi connectivity index (χ2n) is 8.10. The van der Waals surface area contributed by atoms with Crippen molar-refractivity contribution >= 4 is 16.7 Å². The normalized spacial score (nSPS) is 16.5. The van der Waals surface area contributed by atoms with Crippen LogP contribution in [-0.4, -0.2) is 21.7 Å². The molecule has 30 heavy (non-hydrogen) atoms. The molecule has 1 N–H and O–H groups in total. The first kappa shape index (κ1) is 20.3. The fraction of sp³-hybridized carbons (Fsp3) is 0.375. The van der Waals surface area contributed by atoms with E-state index in [9.17, 15) is 14.0 Å². The Balaban J connectivity index is 1.58. The van der Waals surface area contributed by atoms with Crippen LogP contribution in [0.3, 0.4) is 0 Å². The van der Waals surface area contributed by atoms with Gasteiger partial charge in [-0.05, 0) is 43.0 Å². The molecule has 2 aromatic carbocycles. The van der Waals surface area contributed by atoms with E-state index < -0.39 is 5.41 Å². The molecule has 1 heterocycles. The van der Waals surface area contributed by atoms with Gasteiger partial charge in [-0.2, -0.15) is 5.10 Å². The number of fused-ring (bicyclic) bond motifs is 1. The number of carbonyl (C=O) groups is 1. The molecule has 1 aromatic heterocycles. The predicted molar refractivity (Wildman–Crippen MR) is 115 cm³/mol. The summed E-state index contributed by atoms with van der Waals surface area (Å²) in [7, 11) is 0. The Kier molecular flexibility index (Phi) is 5.66. The monoisotopic (exact) mass is 407 g/mol.